The Morgan fingerprint density at radius 3 is 2.59 bits per heavy atom. The van der Waals surface area contributed by atoms with E-state index in [0.717, 1.165) is 37.7 Å². The summed E-state index contributed by atoms with van der Waals surface area (Å²) in [6.45, 7) is 2.00. The van der Waals surface area contributed by atoms with E-state index in [4.69, 9.17) is 0 Å². The van der Waals surface area contributed by atoms with Gasteiger partial charge >= 0.3 is 0 Å². The van der Waals surface area contributed by atoms with Crippen LogP contribution in [0.25, 0.3) is 0 Å². The van der Waals surface area contributed by atoms with E-state index in [1.54, 1.807) is 25.1 Å². The van der Waals surface area contributed by atoms with Crippen molar-refractivity contribution < 1.29 is 14.7 Å². The maximum atomic E-state index is 12.4. The number of carbonyl (C=O) groups is 2. The van der Waals surface area contributed by atoms with Crippen LogP contribution in [0.2, 0.25) is 0 Å². The number of nitrogens with zero attached hydrogens (tertiary/aromatic N) is 1. The lowest BCUT2D eigenvalue weighted by atomic mass is 9.88. The van der Waals surface area contributed by atoms with Crippen LogP contribution < -0.4 is 0 Å². The van der Waals surface area contributed by atoms with Gasteiger partial charge in [0.1, 0.15) is 0 Å². The maximum Gasteiger partial charge on any atom is 0.222 e. The second kappa shape index (κ2) is 9.53. The van der Waals surface area contributed by atoms with Gasteiger partial charge in [0.25, 0.3) is 0 Å². The summed E-state index contributed by atoms with van der Waals surface area (Å²) in [7, 11) is 3.59. The van der Waals surface area contributed by atoms with Crippen molar-refractivity contribution in [3.8, 4) is 0 Å². The predicted octanol–water partition coefficient (Wildman–Crippen LogP) is 4.33. The minimum atomic E-state index is -0.373. The standard InChI is InChI=1S/C25H33NO3/c1-17-8-10-19(11-9-17)23(27)13-12-21-22-15-18(14-20(22)16-24(21)28)6-4-5-7-25(29)26(2)3/h8-14,20-22,24,28H,4-7,15-16H2,1-3H3/t20-,21+,22-,24+/m0/s1. The lowest BCUT2D eigenvalue weighted by Crippen LogP contribution is -2.21. The summed E-state index contributed by atoms with van der Waals surface area (Å²) in [4.78, 5) is 25.8. The van der Waals surface area contributed by atoms with Crippen LogP contribution in [0.15, 0.2) is 48.1 Å². The fourth-order valence-corrected chi connectivity index (χ4v) is 4.66. The number of rotatable bonds is 8. The van der Waals surface area contributed by atoms with Crippen LogP contribution in [0, 0.1) is 24.7 Å². The molecule has 0 aliphatic heterocycles. The molecule has 1 aromatic rings. The van der Waals surface area contributed by atoms with Gasteiger partial charge < -0.3 is 10.0 Å². The Labute approximate surface area is 174 Å². The summed E-state index contributed by atoms with van der Waals surface area (Å²) in [5.74, 6) is 1.03. The highest BCUT2D eigenvalue weighted by Gasteiger charge is 2.43. The van der Waals surface area contributed by atoms with E-state index in [1.165, 1.54) is 5.57 Å². The molecule has 0 saturated heterocycles. The van der Waals surface area contributed by atoms with Gasteiger partial charge in [-0.2, -0.15) is 0 Å². The minimum Gasteiger partial charge on any atom is -0.392 e. The summed E-state index contributed by atoms with van der Waals surface area (Å²) in [6.07, 6.45) is 10.9. The van der Waals surface area contributed by atoms with Gasteiger partial charge in [0.05, 0.1) is 6.10 Å². The number of fused-ring (bicyclic) bond motifs is 1. The third kappa shape index (κ3) is 5.45. The highest BCUT2D eigenvalue weighted by Crippen LogP contribution is 2.48. The van der Waals surface area contributed by atoms with Gasteiger partial charge in [-0.1, -0.05) is 47.6 Å². The van der Waals surface area contributed by atoms with Crippen molar-refractivity contribution in [3.63, 3.8) is 0 Å². The Kier molecular flexibility index (Phi) is 7.07. The Morgan fingerprint density at radius 2 is 1.90 bits per heavy atom. The number of carbonyl (C=O) groups excluding carboxylic acids is 2. The first kappa shape index (κ1) is 21.5. The molecule has 2 aliphatic carbocycles. The zero-order valence-electron chi connectivity index (χ0n) is 17.8. The normalized spacial score (nSPS) is 25.9. The molecule has 4 nitrogen and oxygen atoms in total. The van der Waals surface area contributed by atoms with Crippen molar-refractivity contribution in [1.29, 1.82) is 0 Å². The van der Waals surface area contributed by atoms with Crippen molar-refractivity contribution in [1.82, 2.24) is 4.90 Å². The minimum absolute atomic E-state index is 0.00242. The number of aliphatic hydroxyl groups is 1. The lowest BCUT2D eigenvalue weighted by molar-refractivity contribution is -0.128. The molecular weight excluding hydrogens is 362 g/mol. The molecule has 1 fully saturated rings. The molecule has 0 spiro atoms. The van der Waals surface area contributed by atoms with Crippen molar-refractivity contribution in [3.05, 3.63) is 59.2 Å². The van der Waals surface area contributed by atoms with Crippen molar-refractivity contribution in [2.45, 2.75) is 51.6 Å². The van der Waals surface area contributed by atoms with Gasteiger partial charge in [-0.05, 0) is 56.9 Å². The highest BCUT2D eigenvalue weighted by molar-refractivity contribution is 6.04. The smallest absolute Gasteiger partial charge is 0.222 e. The van der Waals surface area contributed by atoms with Gasteiger partial charge in [0, 0.05) is 32.0 Å². The van der Waals surface area contributed by atoms with E-state index in [9.17, 15) is 14.7 Å². The summed E-state index contributed by atoms with van der Waals surface area (Å²) in [5.41, 5.74) is 3.27. The number of allylic oxidation sites excluding steroid dienone is 3. The molecule has 0 aromatic heterocycles. The first-order chi connectivity index (χ1) is 13.8. The Hall–Kier alpha value is -2.20. The fraction of sp³-hybridized carbons (Fsp3) is 0.520. The third-order valence-corrected chi connectivity index (χ3v) is 6.39. The predicted molar refractivity (Wildman–Crippen MR) is 116 cm³/mol. The molecule has 4 heteroatoms. The fourth-order valence-electron chi connectivity index (χ4n) is 4.66. The first-order valence-corrected chi connectivity index (χ1v) is 10.7. The number of hydrogen-bond acceptors (Lipinski definition) is 3. The summed E-state index contributed by atoms with van der Waals surface area (Å²) in [6, 6.07) is 7.60. The summed E-state index contributed by atoms with van der Waals surface area (Å²) >= 11 is 0. The second-order valence-electron chi connectivity index (χ2n) is 8.82. The van der Waals surface area contributed by atoms with Crippen LogP contribution in [0.1, 0.15) is 54.4 Å². The van der Waals surface area contributed by atoms with Crippen molar-refractivity contribution >= 4 is 11.7 Å². The average Bonchev–Trinajstić information content (AvgIpc) is 3.20. The number of benzene rings is 1. The molecule has 156 valence electrons. The topological polar surface area (TPSA) is 57.6 Å². The highest BCUT2D eigenvalue weighted by atomic mass is 16.3. The van der Waals surface area contributed by atoms with Gasteiger partial charge in [0.2, 0.25) is 5.91 Å². The molecule has 1 aromatic carbocycles. The number of ketones is 1. The van der Waals surface area contributed by atoms with Crippen molar-refractivity contribution in [2.75, 3.05) is 14.1 Å². The molecule has 2 aliphatic rings. The number of amides is 1. The molecule has 3 rings (SSSR count). The molecule has 29 heavy (non-hydrogen) atoms. The monoisotopic (exact) mass is 395 g/mol. The average molecular weight is 396 g/mol. The number of aryl methyl sites for hydroxylation is 1. The second-order valence-corrected chi connectivity index (χ2v) is 8.82. The number of aliphatic hydroxyl groups excluding tert-OH is 1. The zero-order chi connectivity index (χ0) is 21.0. The number of hydrogen-bond donors (Lipinski definition) is 1. The quantitative estimate of drug-likeness (QED) is 0.309. The van der Waals surface area contributed by atoms with Crippen LogP contribution in [-0.2, 0) is 4.79 Å². The van der Waals surface area contributed by atoms with E-state index >= 15 is 0 Å². The molecule has 0 bridgehead atoms. The molecule has 1 N–H and O–H groups in total. The molecular formula is C25H33NO3. The Bertz CT molecular complexity index is 791. The van der Waals surface area contributed by atoms with Crippen LogP contribution in [0.5, 0.6) is 0 Å². The Balaban J connectivity index is 1.51. The van der Waals surface area contributed by atoms with Gasteiger partial charge in [-0.15, -0.1) is 0 Å². The summed E-state index contributed by atoms with van der Waals surface area (Å²) in [5, 5.41) is 10.5. The van der Waals surface area contributed by atoms with Crippen LogP contribution in [-0.4, -0.2) is 41.9 Å². The van der Waals surface area contributed by atoms with E-state index in [2.05, 4.69) is 6.08 Å². The van der Waals surface area contributed by atoms with Gasteiger partial charge in [-0.3, -0.25) is 9.59 Å². The van der Waals surface area contributed by atoms with E-state index in [0.29, 0.717) is 23.8 Å². The zero-order valence-corrected chi connectivity index (χ0v) is 17.8. The van der Waals surface area contributed by atoms with Gasteiger partial charge in [0.15, 0.2) is 5.78 Å². The van der Waals surface area contributed by atoms with Crippen LogP contribution >= 0.6 is 0 Å². The van der Waals surface area contributed by atoms with E-state index < -0.39 is 0 Å². The maximum absolute atomic E-state index is 12.4. The first-order valence-electron chi connectivity index (χ1n) is 10.7. The molecule has 1 saturated carbocycles. The van der Waals surface area contributed by atoms with Gasteiger partial charge in [-0.25, -0.2) is 0 Å². The van der Waals surface area contributed by atoms with Crippen LogP contribution in [0.3, 0.4) is 0 Å². The molecule has 0 unspecified atom stereocenters. The molecule has 4 atom stereocenters. The van der Waals surface area contributed by atoms with E-state index in [-0.39, 0.29) is 23.7 Å². The number of unbranched alkanes of at least 4 members (excludes halogenated alkanes) is 1. The van der Waals surface area contributed by atoms with Crippen molar-refractivity contribution in [2.24, 2.45) is 17.8 Å². The van der Waals surface area contributed by atoms with E-state index in [1.807, 2.05) is 37.3 Å². The Morgan fingerprint density at radius 1 is 1.17 bits per heavy atom. The summed E-state index contributed by atoms with van der Waals surface area (Å²) < 4.78 is 0. The SMILES string of the molecule is Cc1ccc(C(=O)C=C[C@@H]2[C@H]3CC(CCCCC(=O)N(C)C)=C[C@H]3C[C@H]2O)cc1. The third-order valence-electron chi connectivity index (χ3n) is 6.39. The lowest BCUT2D eigenvalue weighted by Gasteiger charge is -2.18. The largest absolute Gasteiger partial charge is 0.392 e. The molecule has 0 radical (unpaired) electrons. The molecule has 1 amide bonds. The van der Waals surface area contributed by atoms with Crippen LogP contribution in [0.4, 0.5) is 0 Å². The molecule has 0 heterocycles.